The van der Waals surface area contributed by atoms with E-state index >= 15 is 0 Å². The summed E-state index contributed by atoms with van der Waals surface area (Å²) in [6.45, 7) is 1.95. The fourth-order valence-corrected chi connectivity index (χ4v) is 1.04. The average molecular weight is 266 g/mol. The molecule has 0 saturated heterocycles. The molecule has 0 aliphatic heterocycles. The number of alkyl halides is 2. The van der Waals surface area contributed by atoms with E-state index < -0.39 is 5.92 Å². The van der Waals surface area contributed by atoms with E-state index in [1.807, 2.05) is 6.92 Å². The SMILES string of the molecule is C[C-]1CCC(F)(F)CC1.[Cs+]. The Morgan fingerprint density at radius 2 is 1.60 bits per heavy atom. The largest absolute Gasteiger partial charge is 1.00 e. The monoisotopic (exact) mass is 266 g/mol. The molecular weight excluding hydrogens is 255 g/mol. The predicted molar refractivity (Wildman–Crippen MR) is 32.3 cm³/mol. The Balaban J connectivity index is 0.000000810. The van der Waals surface area contributed by atoms with E-state index in [9.17, 15) is 8.78 Å². The zero-order valence-corrected chi connectivity index (χ0v) is 12.9. The molecule has 3 heteroatoms. The van der Waals surface area contributed by atoms with Crippen molar-refractivity contribution < 1.29 is 77.7 Å². The molecule has 0 spiro atoms. The molecule has 0 aromatic rings. The fraction of sp³-hybridized carbons (Fsp3) is 0.857. The van der Waals surface area contributed by atoms with E-state index in [4.69, 9.17) is 0 Å². The summed E-state index contributed by atoms with van der Waals surface area (Å²) in [7, 11) is 0. The van der Waals surface area contributed by atoms with Gasteiger partial charge in [-0.1, -0.05) is 0 Å². The van der Waals surface area contributed by atoms with Gasteiger partial charge in [-0.25, -0.2) is 8.78 Å². The van der Waals surface area contributed by atoms with Gasteiger partial charge in [-0.05, 0) is 12.8 Å². The van der Waals surface area contributed by atoms with Gasteiger partial charge in [0.25, 0.3) is 0 Å². The molecule has 1 aliphatic rings. The van der Waals surface area contributed by atoms with Crippen LogP contribution in [0.3, 0.4) is 0 Å². The van der Waals surface area contributed by atoms with Crippen LogP contribution in [-0.2, 0) is 0 Å². The third-order valence-electron chi connectivity index (χ3n) is 1.84. The molecule has 1 aliphatic carbocycles. The molecule has 0 bridgehead atoms. The Bertz CT molecular complexity index is 93.8. The van der Waals surface area contributed by atoms with Crippen molar-refractivity contribution in [3.8, 4) is 0 Å². The van der Waals surface area contributed by atoms with Crippen molar-refractivity contribution in [3.05, 3.63) is 5.92 Å². The van der Waals surface area contributed by atoms with Crippen molar-refractivity contribution in [3.63, 3.8) is 0 Å². The maximum absolute atomic E-state index is 12.4. The van der Waals surface area contributed by atoms with Gasteiger partial charge in [0, 0.05) is 0 Å². The summed E-state index contributed by atoms with van der Waals surface area (Å²) in [4.78, 5) is 0. The molecule has 10 heavy (non-hydrogen) atoms. The van der Waals surface area contributed by atoms with Crippen molar-refractivity contribution in [1.29, 1.82) is 0 Å². The molecule has 0 aromatic heterocycles. The molecule has 0 unspecified atom stereocenters. The topological polar surface area (TPSA) is 0 Å². The van der Waals surface area contributed by atoms with Crippen molar-refractivity contribution in [2.24, 2.45) is 0 Å². The zero-order chi connectivity index (χ0) is 6.91. The fourth-order valence-electron chi connectivity index (χ4n) is 1.04. The molecule has 0 amide bonds. The second kappa shape index (κ2) is 4.82. The van der Waals surface area contributed by atoms with Crippen molar-refractivity contribution >= 4 is 0 Å². The smallest absolute Gasteiger partial charge is 0.316 e. The van der Waals surface area contributed by atoms with E-state index in [0.717, 1.165) is 0 Å². The molecule has 1 fully saturated rings. The van der Waals surface area contributed by atoms with Crippen LogP contribution < -0.4 is 68.9 Å². The zero-order valence-electron chi connectivity index (χ0n) is 6.58. The summed E-state index contributed by atoms with van der Waals surface area (Å²) < 4.78 is 24.7. The van der Waals surface area contributed by atoms with Gasteiger partial charge in [-0.3, -0.25) is 0 Å². The minimum atomic E-state index is -2.36. The Morgan fingerprint density at radius 3 is 1.90 bits per heavy atom. The molecule has 0 nitrogen and oxygen atoms in total. The Morgan fingerprint density at radius 1 is 1.20 bits per heavy atom. The van der Waals surface area contributed by atoms with E-state index in [-0.39, 0.29) is 81.7 Å². The number of rotatable bonds is 0. The third-order valence-corrected chi connectivity index (χ3v) is 1.84. The summed E-state index contributed by atoms with van der Waals surface area (Å²) >= 11 is 0. The van der Waals surface area contributed by atoms with Gasteiger partial charge in [-0.15, -0.1) is 0 Å². The summed E-state index contributed by atoms with van der Waals surface area (Å²) in [6.07, 6.45) is 1.37. The molecule has 0 atom stereocenters. The van der Waals surface area contributed by atoms with Crippen LogP contribution in [-0.4, -0.2) is 5.92 Å². The summed E-state index contributed by atoms with van der Waals surface area (Å²) in [6, 6.07) is 0. The molecule has 1 saturated carbocycles. The first-order chi connectivity index (χ1) is 4.10. The maximum Gasteiger partial charge on any atom is 1.00 e. The quantitative estimate of drug-likeness (QED) is 0.532. The standard InChI is InChI=1S/C7H11F2.Cs/c1-6-2-4-7(8,9)5-3-6;/h2-5H2,1H3;/q-1;+1. The van der Waals surface area contributed by atoms with E-state index in [0.29, 0.717) is 12.8 Å². The predicted octanol–water partition coefficient (Wildman–Crippen LogP) is -0.206. The van der Waals surface area contributed by atoms with E-state index in [2.05, 4.69) is 0 Å². The number of hydrogen-bond acceptors (Lipinski definition) is 0. The molecular formula is C7H11CsF2. The molecule has 54 valence electrons. The minimum Gasteiger partial charge on any atom is -0.316 e. The van der Waals surface area contributed by atoms with Crippen LogP contribution >= 0.6 is 0 Å². The van der Waals surface area contributed by atoms with Crippen LogP contribution in [0.1, 0.15) is 32.6 Å². The number of halogens is 2. The Labute approximate surface area is 120 Å². The van der Waals surface area contributed by atoms with Gasteiger partial charge in [-0.2, -0.15) is 19.8 Å². The average Bonchev–Trinajstić information content (AvgIpc) is 1.78. The van der Waals surface area contributed by atoms with Gasteiger partial charge < -0.3 is 5.92 Å². The first-order valence-electron chi connectivity index (χ1n) is 3.29. The van der Waals surface area contributed by atoms with Crippen molar-refractivity contribution in [2.75, 3.05) is 0 Å². The molecule has 0 aromatic carbocycles. The van der Waals surface area contributed by atoms with Crippen molar-refractivity contribution in [2.45, 2.75) is 38.5 Å². The van der Waals surface area contributed by atoms with E-state index in [1.165, 1.54) is 5.92 Å². The van der Waals surface area contributed by atoms with Crippen molar-refractivity contribution in [1.82, 2.24) is 0 Å². The molecule has 1 rings (SSSR count). The molecule has 0 heterocycles. The van der Waals surface area contributed by atoms with E-state index in [1.54, 1.807) is 0 Å². The first-order valence-corrected chi connectivity index (χ1v) is 3.29. The molecule has 0 N–H and O–H groups in total. The van der Waals surface area contributed by atoms with Crippen LogP contribution in [0.2, 0.25) is 0 Å². The Hall–Kier alpha value is 1.91. The normalized spacial score (nSPS) is 25.5. The third kappa shape index (κ3) is 4.07. The van der Waals surface area contributed by atoms with Crippen LogP contribution in [0.25, 0.3) is 0 Å². The number of hydrogen-bond donors (Lipinski definition) is 0. The minimum absolute atomic E-state index is 0. The summed E-state index contributed by atoms with van der Waals surface area (Å²) in [5.74, 6) is -1.14. The maximum atomic E-state index is 12.4. The second-order valence-electron chi connectivity index (χ2n) is 2.81. The van der Waals surface area contributed by atoms with Gasteiger partial charge in [0.1, 0.15) is 0 Å². The van der Waals surface area contributed by atoms with Gasteiger partial charge in [0.2, 0.25) is 5.92 Å². The second-order valence-corrected chi connectivity index (χ2v) is 2.81. The van der Waals surface area contributed by atoms with Crippen LogP contribution in [0.15, 0.2) is 0 Å². The van der Waals surface area contributed by atoms with Gasteiger partial charge in [0.05, 0.1) is 0 Å². The molecule has 0 radical (unpaired) electrons. The van der Waals surface area contributed by atoms with Gasteiger partial charge in [0.15, 0.2) is 0 Å². The van der Waals surface area contributed by atoms with Crippen LogP contribution in [0.5, 0.6) is 0 Å². The summed E-state index contributed by atoms with van der Waals surface area (Å²) in [5.41, 5.74) is 0. The first kappa shape index (κ1) is 11.9. The van der Waals surface area contributed by atoms with Gasteiger partial charge >= 0.3 is 68.9 Å². The van der Waals surface area contributed by atoms with Crippen LogP contribution in [0.4, 0.5) is 8.78 Å². The van der Waals surface area contributed by atoms with Crippen LogP contribution in [0, 0.1) is 5.92 Å². The summed E-state index contributed by atoms with van der Waals surface area (Å²) in [5, 5.41) is 0. The Kier molecular flexibility index (Phi) is 5.74.